The standard InChI is InChI=1S/C10H8Cl2N4/c11-7-2-1-3-8(12)9(7)16-5-6(4-15-16)10(13)14/h1-5H,(H3,13,14). The third kappa shape index (κ3) is 1.89. The maximum absolute atomic E-state index is 7.28. The second-order valence-corrected chi connectivity index (χ2v) is 3.97. The molecule has 0 saturated heterocycles. The number of rotatable bonds is 2. The van der Waals surface area contributed by atoms with Gasteiger partial charge in [-0.15, -0.1) is 0 Å². The third-order valence-electron chi connectivity index (χ3n) is 2.06. The van der Waals surface area contributed by atoms with E-state index in [1.807, 2.05) is 0 Å². The summed E-state index contributed by atoms with van der Waals surface area (Å²) in [4.78, 5) is 0. The van der Waals surface area contributed by atoms with Crippen molar-refractivity contribution in [1.82, 2.24) is 9.78 Å². The van der Waals surface area contributed by atoms with Crippen LogP contribution in [-0.2, 0) is 0 Å². The van der Waals surface area contributed by atoms with E-state index >= 15 is 0 Å². The Bertz CT molecular complexity index is 527. The number of para-hydroxylation sites is 1. The Morgan fingerprint density at radius 1 is 1.31 bits per heavy atom. The highest BCUT2D eigenvalue weighted by Gasteiger charge is 2.09. The molecule has 0 aliphatic carbocycles. The van der Waals surface area contributed by atoms with E-state index in [0.717, 1.165) is 0 Å². The molecule has 1 aromatic carbocycles. The van der Waals surface area contributed by atoms with E-state index < -0.39 is 0 Å². The van der Waals surface area contributed by atoms with Gasteiger partial charge in [0, 0.05) is 6.20 Å². The molecule has 1 aromatic heterocycles. The smallest absolute Gasteiger partial charge is 0.126 e. The molecule has 0 saturated carbocycles. The Morgan fingerprint density at radius 2 is 1.94 bits per heavy atom. The van der Waals surface area contributed by atoms with Crippen LogP contribution >= 0.6 is 23.2 Å². The Balaban J connectivity index is 2.54. The van der Waals surface area contributed by atoms with Crippen LogP contribution in [0.2, 0.25) is 10.0 Å². The van der Waals surface area contributed by atoms with Gasteiger partial charge in [-0.1, -0.05) is 29.3 Å². The maximum Gasteiger partial charge on any atom is 0.126 e. The van der Waals surface area contributed by atoms with Gasteiger partial charge < -0.3 is 5.73 Å². The van der Waals surface area contributed by atoms with Crippen LogP contribution in [0, 0.1) is 5.41 Å². The summed E-state index contributed by atoms with van der Waals surface area (Å²) < 4.78 is 1.50. The molecule has 16 heavy (non-hydrogen) atoms. The number of halogens is 2. The first-order chi connectivity index (χ1) is 7.59. The van der Waals surface area contributed by atoms with Gasteiger partial charge in [0.05, 0.1) is 21.8 Å². The molecule has 3 N–H and O–H groups in total. The number of nitrogens with two attached hydrogens (primary N) is 1. The zero-order valence-electron chi connectivity index (χ0n) is 8.11. The van der Waals surface area contributed by atoms with Crippen molar-refractivity contribution in [1.29, 1.82) is 5.41 Å². The summed E-state index contributed by atoms with van der Waals surface area (Å²) >= 11 is 12.0. The maximum atomic E-state index is 7.28. The van der Waals surface area contributed by atoms with Gasteiger partial charge in [-0.25, -0.2) is 4.68 Å². The molecule has 82 valence electrons. The number of hydrogen-bond acceptors (Lipinski definition) is 2. The molecule has 0 fully saturated rings. The molecule has 6 heteroatoms. The van der Waals surface area contributed by atoms with Crippen LogP contribution in [0.4, 0.5) is 0 Å². The lowest BCUT2D eigenvalue weighted by atomic mass is 10.3. The Hall–Kier alpha value is -1.52. The topological polar surface area (TPSA) is 67.7 Å². The van der Waals surface area contributed by atoms with Crippen molar-refractivity contribution < 1.29 is 0 Å². The Morgan fingerprint density at radius 3 is 2.44 bits per heavy atom. The molecule has 0 atom stereocenters. The van der Waals surface area contributed by atoms with Crippen molar-refractivity contribution in [2.45, 2.75) is 0 Å². The predicted octanol–water partition coefficient (Wildman–Crippen LogP) is 2.46. The molecule has 0 spiro atoms. The lowest BCUT2D eigenvalue weighted by molar-refractivity contribution is 0.881. The number of hydrogen-bond donors (Lipinski definition) is 2. The molecular formula is C10H8Cl2N4. The van der Waals surface area contributed by atoms with E-state index in [1.165, 1.54) is 10.9 Å². The summed E-state index contributed by atoms with van der Waals surface area (Å²) in [6, 6.07) is 5.19. The number of nitrogens with one attached hydrogen (secondary N) is 1. The molecule has 4 nitrogen and oxygen atoms in total. The molecule has 0 radical (unpaired) electrons. The van der Waals surface area contributed by atoms with Crippen molar-refractivity contribution in [2.24, 2.45) is 5.73 Å². The zero-order chi connectivity index (χ0) is 11.7. The lowest BCUT2D eigenvalue weighted by Gasteiger charge is -2.05. The highest BCUT2D eigenvalue weighted by Crippen LogP contribution is 2.27. The quantitative estimate of drug-likeness (QED) is 0.639. The van der Waals surface area contributed by atoms with Gasteiger partial charge in [0.1, 0.15) is 11.5 Å². The van der Waals surface area contributed by atoms with E-state index in [-0.39, 0.29) is 5.84 Å². The van der Waals surface area contributed by atoms with Crippen molar-refractivity contribution in [3.05, 3.63) is 46.2 Å². The first-order valence-electron chi connectivity index (χ1n) is 4.43. The summed E-state index contributed by atoms with van der Waals surface area (Å²) in [7, 11) is 0. The third-order valence-corrected chi connectivity index (χ3v) is 2.67. The average molecular weight is 255 g/mol. The van der Waals surface area contributed by atoms with E-state index in [9.17, 15) is 0 Å². The van der Waals surface area contributed by atoms with Crippen LogP contribution in [-0.4, -0.2) is 15.6 Å². The monoisotopic (exact) mass is 254 g/mol. The molecule has 0 aliphatic rings. The summed E-state index contributed by atoms with van der Waals surface area (Å²) in [5.74, 6) is -0.0468. The number of nitrogens with zero attached hydrogens (tertiary/aromatic N) is 2. The van der Waals surface area contributed by atoms with Crippen LogP contribution in [0.25, 0.3) is 5.69 Å². The number of aromatic nitrogens is 2. The highest BCUT2D eigenvalue weighted by atomic mass is 35.5. The average Bonchev–Trinajstić information content (AvgIpc) is 2.66. The fourth-order valence-corrected chi connectivity index (χ4v) is 1.86. The summed E-state index contributed by atoms with van der Waals surface area (Å²) in [5.41, 5.74) is 6.45. The van der Waals surface area contributed by atoms with Crippen LogP contribution < -0.4 is 5.73 Å². The van der Waals surface area contributed by atoms with Gasteiger partial charge in [-0.2, -0.15) is 5.10 Å². The van der Waals surface area contributed by atoms with Gasteiger partial charge in [-0.3, -0.25) is 5.41 Å². The fourth-order valence-electron chi connectivity index (χ4n) is 1.29. The van der Waals surface area contributed by atoms with E-state index in [2.05, 4.69) is 5.10 Å². The minimum Gasteiger partial charge on any atom is -0.384 e. The van der Waals surface area contributed by atoms with Gasteiger partial charge in [0.25, 0.3) is 0 Å². The van der Waals surface area contributed by atoms with Crippen molar-refractivity contribution in [3.8, 4) is 5.69 Å². The van der Waals surface area contributed by atoms with Crippen LogP contribution in [0.15, 0.2) is 30.6 Å². The molecule has 1 heterocycles. The SMILES string of the molecule is N=C(N)c1cnn(-c2c(Cl)cccc2Cl)c1. The molecule has 0 unspecified atom stereocenters. The van der Waals surface area contributed by atoms with Gasteiger partial charge in [0.2, 0.25) is 0 Å². The first kappa shape index (κ1) is 11.0. The van der Waals surface area contributed by atoms with E-state index in [0.29, 0.717) is 21.3 Å². The molecule has 2 aromatic rings. The number of nitrogen functional groups attached to an aromatic ring is 1. The summed E-state index contributed by atoms with van der Waals surface area (Å²) in [6.45, 7) is 0. The molecular weight excluding hydrogens is 247 g/mol. The Kier molecular flexibility index (Phi) is 2.85. The van der Waals surface area contributed by atoms with Gasteiger partial charge in [-0.05, 0) is 12.1 Å². The predicted molar refractivity (Wildman–Crippen MR) is 64.6 cm³/mol. The minimum absolute atomic E-state index is 0.0468. The van der Waals surface area contributed by atoms with Crippen LogP contribution in [0.1, 0.15) is 5.56 Å². The van der Waals surface area contributed by atoms with Crippen LogP contribution in [0.5, 0.6) is 0 Å². The van der Waals surface area contributed by atoms with Crippen molar-refractivity contribution in [3.63, 3.8) is 0 Å². The lowest BCUT2D eigenvalue weighted by Crippen LogP contribution is -2.09. The molecule has 0 bridgehead atoms. The van der Waals surface area contributed by atoms with Gasteiger partial charge in [0.15, 0.2) is 0 Å². The number of amidine groups is 1. The van der Waals surface area contributed by atoms with Crippen LogP contribution in [0.3, 0.4) is 0 Å². The van der Waals surface area contributed by atoms with E-state index in [4.69, 9.17) is 34.3 Å². The molecule has 2 rings (SSSR count). The van der Waals surface area contributed by atoms with Crippen molar-refractivity contribution >= 4 is 29.0 Å². The summed E-state index contributed by atoms with van der Waals surface area (Å²) in [5, 5.41) is 12.3. The molecule has 0 aliphatic heterocycles. The van der Waals surface area contributed by atoms with E-state index in [1.54, 1.807) is 24.4 Å². The minimum atomic E-state index is -0.0468. The fraction of sp³-hybridized carbons (Fsp3) is 0. The Labute approximate surface area is 102 Å². The normalized spacial score (nSPS) is 10.4. The zero-order valence-corrected chi connectivity index (χ0v) is 9.63. The summed E-state index contributed by atoms with van der Waals surface area (Å²) in [6.07, 6.45) is 3.09. The van der Waals surface area contributed by atoms with Crippen molar-refractivity contribution in [2.75, 3.05) is 0 Å². The second kappa shape index (κ2) is 4.15. The first-order valence-corrected chi connectivity index (χ1v) is 5.18. The van der Waals surface area contributed by atoms with Gasteiger partial charge >= 0.3 is 0 Å². The highest BCUT2D eigenvalue weighted by molar-refractivity contribution is 6.37. The largest absolute Gasteiger partial charge is 0.384 e. The second-order valence-electron chi connectivity index (χ2n) is 3.16. The molecule has 0 amide bonds. The number of benzene rings is 1.